The molecule has 0 aliphatic carbocycles. The van der Waals surface area contributed by atoms with Crippen molar-refractivity contribution in [3.63, 3.8) is 0 Å². The maximum absolute atomic E-state index is 6.47. The Morgan fingerprint density at radius 2 is 2.25 bits per heavy atom. The molecule has 3 nitrogen and oxygen atoms in total. The highest BCUT2D eigenvalue weighted by Crippen LogP contribution is 2.37. The monoisotopic (exact) mass is 359 g/mol. The third kappa shape index (κ3) is 3.83. The molecule has 0 aromatic carbocycles. The van der Waals surface area contributed by atoms with Crippen molar-refractivity contribution >= 4 is 27.3 Å². The van der Waals surface area contributed by atoms with Gasteiger partial charge in [-0.1, -0.05) is 6.92 Å². The van der Waals surface area contributed by atoms with E-state index in [-0.39, 0.29) is 6.04 Å². The first kappa shape index (κ1) is 16.4. The largest absolute Gasteiger partial charge is 0.326 e. The van der Waals surface area contributed by atoms with E-state index in [1.54, 1.807) is 0 Å². The Balaban J connectivity index is 2.21. The minimum Gasteiger partial charge on any atom is -0.326 e. The lowest BCUT2D eigenvalue weighted by Gasteiger charge is -2.37. The van der Waals surface area contributed by atoms with Crippen molar-refractivity contribution in [2.75, 3.05) is 27.2 Å². The summed E-state index contributed by atoms with van der Waals surface area (Å²) in [6.45, 7) is 4.49. The van der Waals surface area contributed by atoms with Crippen LogP contribution in [0.3, 0.4) is 0 Å². The number of likely N-dealkylation sites (tertiary alicyclic amines) is 1. The van der Waals surface area contributed by atoms with Crippen LogP contribution in [0.25, 0.3) is 0 Å². The summed E-state index contributed by atoms with van der Waals surface area (Å²) in [7, 11) is 4.32. The summed E-state index contributed by atoms with van der Waals surface area (Å²) in [5.41, 5.74) is 6.47. The molecule has 0 saturated carbocycles. The van der Waals surface area contributed by atoms with E-state index in [2.05, 4.69) is 58.9 Å². The topological polar surface area (TPSA) is 32.5 Å². The Morgan fingerprint density at radius 3 is 2.80 bits per heavy atom. The highest BCUT2D eigenvalue weighted by atomic mass is 79.9. The molecule has 1 aliphatic heterocycles. The van der Waals surface area contributed by atoms with E-state index < -0.39 is 0 Å². The molecular weight excluding hydrogens is 334 g/mol. The molecule has 0 spiro atoms. The number of hydrogen-bond acceptors (Lipinski definition) is 4. The van der Waals surface area contributed by atoms with Gasteiger partial charge in [-0.25, -0.2) is 0 Å². The second-order valence-corrected chi connectivity index (χ2v) is 8.45. The summed E-state index contributed by atoms with van der Waals surface area (Å²) in [6.07, 6.45) is 3.60. The Kier molecular flexibility index (Phi) is 6.05. The fourth-order valence-electron chi connectivity index (χ4n) is 3.17. The zero-order chi connectivity index (χ0) is 14.7. The van der Waals surface area contributed by atoms with Crippen molar-refractivity contribution < 1.29 is 0 Å². The second-order valence-electron chi connectivity index (χ2n) is 5.95. The molecule has 1 aromatic heterocycles. The lowest BCUT2D eigenvalue weighted by Crippen LogP contribution is -2.46. The number of nitrogens with two attached hydrogens (primary N) is 1. The van der Waals surface area contributed by atoms with Crippen LogP contribution in [0.1, 0.15) is 37.1 Å². The average molecular weight is 360 g/mol. The molecule has 1 aliphatic rings. The number of likely N-dealkylation sites (N-methyl/N-ethyl adjacent to an activating group) is 1. The van der Waals surface area contributed by atoms with Gasteiger partial charge in [-0.05, 0) is 68.0 Å². The third-order valence-electron chi connectivity index (χ3n) is 4.12. The summed E-state index contributed by atoms with van der Waals surface area (Å²) in [6, 6.07) is 5.59. The van der Waals surface area contributed by atoms with Gasteiger partial charge < -0.3 is 10.6 Å². The molecule has 1 saturated heterocycles. The van der Waals surface area contributed by atoms with Crippen molar-refractivity contribution in [2.24, 2.45) is 5.73 Å². The molecule has 1 aromatic rings. The number of rotatable bonds is 6. The van der Waals surface area contributed by atoms with Crippen LogP contribution >= 0.6 is 27.3 Å². The summed E-state index contributed by atoms with van der Waals surface area (Å²) >= 11 is 5.42. The fraction of sp³-hybridized carbons (Fsp3) is 0.733. The van der Waals surface area contributed by atoms with Gasteiger partial charge in [-0.15, -0.1) is 11.3 Å². The summed E-state index contributed by atoms with van der Waals surface area (Å²) < 4.78 is 1.20. The normalized spacial score (nSPS) is 23.4. The average Bonchev–Trinajstić information content (AvgIpc) is 2.99. The van der Waals surface area contributed by atoms with E-state index in [0.29, 0.717) is 12.1 Å². The highest BCUT2D eigenvalue weighted by molar-refractivity contribution is 9.11. The molecule has 3 unspecified atom stereocenters. The van der Waals surface area contributed by atoms with Crippen LogP contribution in [0, 0.1) is 0 Å². The molecule has 0 bridgehead atoms. The maximum Gasteiger partial charge on any atom is 0.0702 e. The molecule has 2 rings (SSSR count). The van der Waals surface area contributed by atoms with Crippen LogP contribution in [-0.4, -0.2) is 49.1 Å². The first-order chi connectivity index (χ1) is 9.52. The number of nitrogens with zero attached hydrogens (tertiary/aromatic N) is 2. The minimum absolute atomic E-state index is 0.211. The van der Waals surface area contributed by atoms with Crippen molar-refractivity contribution in [2.45, 2.75) is 44.3 Å². The molecule has 5 heteroatoms. The van der Waals surface area contributed by atoms with E-state index >= 15 is 0 Å². The van der Waals surface area contributed by atoms with Crippen molar-refractivity contribution in [3.8, 4) is 0 Å². The van der Waals surface area contributed by atoms with E-state index in [4.69, 9.17) is 5.73 Å². The first-order valence-corrected chi connectivity index (χ1v) is 9.05. The molecule has 0 amide bonds. The molecule has 2 N–H and O–H groups in total. The van der Waals surface area contributed by atoms with Crippen LogP contribution in [-0.2, 0) is 0 Å². The van der Waals surface area contributed by atoms with Gasteiger partial charge in [0.05, 0.1) is 9.83 Å². The van der Waals surface area contributed by atoms with Gasteiger partial charge in [-0.2, -0.15) is 0 Å². The van der Waals surface area contributed by atoms with Crippen molar-refractivity contribution in [1.29, 1.82) is 0 Å². The lowest BCUT2D eigenvalue weighted by atomic mass is 10.0. The summed E-state index contributed by atoms with van der Waals surface area (Å²) in [5.74, 6) is 0. The van der Waals surface area contributed by atoms with Crippen LogP contribution in [0.4, 0.5) is 0 Å². The van der Waals surface area contributed by atoms with Crippen LogP contribution in [0.5, 0.6) is 0 Å². The third-order valence-corrected chi connectivity index (χ3v) is 5.81. The highest BCUT2D eigenvalue weighted by Gasteiger charge is 2.35. The van der Waals surface area contributed by atoms with Gasteiger partial charge in [0.1, 0.15) is 0 Å². The van der Waals surface area contributed by atoms with Crippen LogP contribution < -0.4 is 5.73 Å². The van der Waals surface area contributed by atoms with Gasteiger partial charge >= 0.3 is 0 Å². The zero-order valence-electron chi connectivity index (χ0n) is 12.7. The molecule has 114 valence electrons. The number of hydrogen-bond donors (Lipinski definition) is 1. The summed E-state index contributed by atoms with van der Waals surface area (Å²) in [4.78, 5) is 6.34. The molecule has 20 heavy (non-hydrogen) atoms. The number of halogens is 1. The van der Waals surface area contributed by atoms with E-state index in [1.807, 2.05) is 11.3 Å². The second kappa shape index (κ2) is 7.36. The zero-order valence-corrected chi connectivity index (χ0v) is 15.1. The Labute approximate surface area is 135 Å². The van der Waals surface area contributed by atoms with Gasteiger partial charge in [0.2, 0.25) is 0 Å². The molecule has 1 fully saturated rings. The van der Waals surface area contributed by atoms with Crippen molar-refractivity contribution in [3.05, 3.63) is 20.8 Å². The first-order valence-electron chi connectivity index (χ1n) is 7.44. The van der Waals surface area contributed by atoms with Gasteiger partial charge in [0.15, 0.2) is 0 Å². The van der Waals surface area contributed by atoms with E-state index in [1.165, 1.54) is 28.0 Å². The van der Waals surface area contributed by atoms with E-state index in [9.17, 15) is 0 Å². The lowest BCUT2D eigenvalue weighted by molar-refractivity contribution is 0.134. The predicted octanol–water partition coefficient (Wildman–Crippen LogP) is 3.32. The van der Waals surface area contributed by atoms with Gasteiger partial charge in [0, 0.05) is 23.5 Å². The Hall–Kier alpha value is 0.0600. The number of thiophene rings is 1. The predicted molar refractivity (Wildman–Crippen MR) is 91.3 cm³/mol. The van der Waals surface area contributed by atoms with E-state index in [0.717, 1.165) is 13.0 Å². The molecule has 3 atom stereocenters. The smallest absolute Gasteiger partial charge is 0.0702 e. The fourth-order valence-corrected chi connectivity index (χ4v) is 4.79. The molecular formula is C15H26BrN3S. The van der Waals surface area contributed by atoms with Crippen LogP contribution in [0.15, 0.2) is 15.9 Å². The molecule has 0 radical (unpaired) electrons. The SMILES string of the molecule is CCC(N)C(c1ccc(Br)s1)N1CCCC1CN(C)C. The maximum atomic E-state index is 6.47. The van der Waals surface area contributed by atoms with Gasteiger partial charge in [0.25, 0.3) is 0 Å². The minimum atomic E-state index is 0.211. The Morgan fingerprint density at radius 1 is 1.50 bits per heavy atom. The van der Waals surface area contributed by atoms with Gasteiger partial charge in [-0.3, -0.25) is 4.90 Å². The summed E-state index contributed by atoms with van der Waals surface area (Å²) in [5, 5.41) is 0. The molecule has 2 heterocycles. The van der Waals surface area contributed by atoms with Crippen LogP contribution in [0.2, 0.25) is 0 Å². The Bertz CT molecular complexity index is 421. The standard InChI is InChI=1S/C15H26BrN3S/c1-4-12(17)15(13-7-8-14(16)20-13)19-9-5-6-11(19)10-18(2)3/h7-8,11-12,15H,4-6,9-10,17H2,1-3H3. The van der Waals surface area contributed by atoms with Crippen molar-refractivity contribution in [1.82, 2.24) is 9.80 Å². The quantitative estimate of drug-likeness (QED) is 0.845.